The molecule has 0 spiro atoms. The highest BCUT2D eigenvalue weighted by atomic mass is 16.5. The van der Waals surface area contributed by atoms with Crippen molar-refractivity contribution in [2.24, 2.45) is 17.8 Å². The normalized spacial score (nSPS) is 28.8. The molecule has 1 saturated carbocycles. The minimum Gasteiger partial charge on any atom is -0.480 e. The molecule has 2 unspecified atom stereocenters. The minimum absolute atomic E-state index is 0.0488. The Balaban J connectivity index is 2.07. The second kappa shape index (κ2) is 7.99. The molecule has 24 heavy (non-hydrogen) atoms. The van der Waals surface area contributed by atoms with Crippen molar-refractivity contribution in [3.05, 3.63) is 0 Å². The van der Waals surface area contributed by atoms with Crippen LogP contribution in [0.2, 0.25) is 0 Å². The molecule has 1 saturated heterocycles. The smallest absolute Gasteiger partial charge is 0.326 e. The Morgan fingerprint density at radius 1 is 1.17 bits per heavy atom. The fourth-order valence-electron chi connectivity index (χ4n) is 4.26. The summed E-state index contributed by atoms with van der Waals surface area (Å²) < 4.78 is 5.00. The van der Waals surface area contributed by atoms with Crippen molar-refractivity contribution in [2.45, 2.75) is 71.4 Å². The number of carbonyl (C=O) groups is 3. The maximum atomic E-state index is 12.9. The summed E-state index contributed by atoms with van der Waals surface area (Å²) in [4.78, 5) is 38.0. The Labute approximate surface area is 143 Å². The summed E-state index contributed by atoms with van der Waals surface area (Å²) in [5, 5.41) is 9.53. The zero-order chi connectivity index (χ0) is 17.9. The van der Waals surface area contributed by atoms with Crippen LogP contribution < -0.4 is 0 Å². The molecule has 0 aromatic rings. The molecule has 5 atom stereocenters. The summed E-state index contributed by atoms with van der Waals surface area (Å²) >= 11 is 0. The molecule has 2 rings (SSSR count). The van der Waals surface area contributed by atoms with Crippen molar-refractivity contribution >= 4 is 17.8 Å². The molecule has 1 amide bonds. The van der Waals surface area contributed by atoms with E-state index in [1.54, 1.807) is 25.7 Å². The van der Waals surface area contributed by atoms with Crippen LogP contribution in [0.3, 0.4) is 0 Å². The van der Waals surface area contributed by atoms with Crippen molar-refractivity contribution in [2.75, 3.05) is 6.61 Å². The molecule has 2 fully saturated rings. The molecule has 1 N–H and O–H groups in total. The molecule has 0 aromatic carbocycles. The first-order chi connectivity index (χ1) is 11.4. The summed E-state index contributed by atoms with van der Waals surface area (Å²) in [6.45, 7) is 5.61. The zero-order valence-corrected chi connectivity index (χ0v) is 14.9. The third kappa shape index (κ3) is 3.90. The van der Waals surface area contributed by atoms with Crippen molar-refractivity contribution in [3.63, 3.8) is 0 Å². The number of hydrogen-bond donors (Lipinski definition) is 1. The number of hydrogen-bond acceptors (Lipinski definition) is 4. The quantitative estimate of drug-likeness (QED) is 0.752. The van der Waals surface area contributed by atoms with Gasteiger partial charge in [0.05, 0.1) is 12.5 Å². The van der Waals surface area contributed by atoms with Gasteiger partial charge < -0.3 is 14.7 Å². The lowest BCUT2D eigenvalue weighted by molar-refractivity contribution is -0.153. The van der Waals surface area contributed by atoms with Crippen molar-refractivity contribution in [1.82, 2.24) is 4.90 Å². The fourth-order valence-corrected chi connectivity index (χ4v) is 4.26. The van der Waals surface area contributed by atoms with Gasteiger partial charge in [0.1, 0.15) is 6.04 Å². The van der Waals surface area contributed by atoms with Crippen LogP contribution in [-0.2, 0) is 19.1 Å². The van der Waals surface area contributed by atoms with E-state index in [-0.39, 0.29) is 29.8 Å². The third-order valence-corrected chi connectivity index (χ3v) is 5.45. The maximum absolute atomic E-state index is 12.9. The van der Waals surface area contributed by atoms with E-state index in [4.69, 9.17) is 4.74 Å². The number of aliphatic carboxylic acids is 1. The van der Waals surface area contributed by atoms with Crippen LogP contribution in [0.1, 0.15) is 59.3 Å². The van der Waals surface area contributed by atoms with Gasteiger partial charge in [-0.15, -0.1) is 0 Å². The monoisotopic (exact) mass is 339 g/mol. The lowest BCUT2D eigenvalue weighted by Gasteiger charge is -2.35. The molecule has 0 aromatic heterocycles. The lowest BCUT2D eigenvalue weighted by atomic mass is 9.84. The average Bonchev–Trinajstić information content (AvgIpc) is 2.93. The maximum Gasteiger partial charge on any atom is 0.326 e. The molecule has 6 heteroatoms. The van der Waals surface area contributed by atoms with Crippen molar-refractivity contribution in [3.8, 4) is 0 Å². The summed E-state index contributed by atoms with van der Waals surface area (Å²) in [6, 6.07) is -0.668. The van der Waals surface area contributed by atoms with E-state index < -0.39 is 12.0 Å². The summed E-state index contributed by atoms with van der Waals surface area (Å²) in [5.41, 5.74) is 0. The van der Waals surface area contributed by atoms with E-state index >= 15 is 0 Å². The Morgan fingerprint density at radius 2 is 1.83 bits per heavy atom. The number of esters is 1. The SMILES string of the molecule is CCOC(=O)[C@H](C)C[C@@H](C)C(=O)N1C2CCCCC2C[C@H]1C(=O)O. The molecule has 1 aliphatic heterocycles. The van der Waals surface area contributed by atoms with Crippen LogP contribution in [0.5, 0.6) is 0 Å². The summed E-state index contributed by atoms with van der Waals surface area (Å²) in [7, 11) is 0. The zero-order valence-electron chi connectivity index (χ0n) is 14.9. The third-order valence-electron chi connectivity index (χ3n) is 5.45. The number of ether oxygens (including phenoxy) is 1. The highest BCUT2D eigenvalue weighted by molar-refractivity contribution is 5.86. The van der Waals surface area contributed by atoms with Gasteiger partial charge in [-0.05, 0) is 38.5 Å². The van der Waals surface area contributed by atoms with Crippen molar-refractivity contribution in [1.29, 1.82) is 0 Å². The van der Waals surface area contributed by atoms with E-state index in [0.717, 1.165) is 25.7 Å². The Hall–Kier alpha value is -1.59. The minimum atomic E-state index is -0.914. The first kappa shape index (κ1) is 18.7. The van der Waals surface area contributed by atoms with E-state index in [0.29, 0.717) is 25.4 Å². The Bertz CT molecular complexity index is 492. The number of likely N-dealkylation sites (tertiary alicyclic amines) is 1. The van der Waals surface area contributed by atoms with Crippen LogP contribution in [0.4, 0.5) is 0 Å². The number of carboxylic acids is 1. The number of carboxylic acid groups (broad SMARTS) is 1. The molecular weight excluding hydrogens is 310 g/mol. The van der Waals surface area contributed by atoms with Gasteiger partial charge in [-0.1, -0.05) is 26.7 Å². The number of carbonyl (C=O) groups excluding carboxylic acids is 2. The molecule has 136 valence electrons. The van der Waals surface area contributed by atoms with Gasteiger partial charge in [0, 0.05) is 12.0 Å². The average molecular weight is 339 g/mol. The summed E-state index contributed by atoms with van der Waals surface area (Å²) in [5.74, 6) is -1.79. The van der Waals surface area contributed by atoms with E-state index in [1.807, 2.05) is 0 Å². The molecule has 0 bridgehead atoms. The first-order valence-electron chi connectivity index (χ1n) is 9.08. The molecule has 6 nitrogen and oxygen atoms in total. The summed E-state index contributed by atoms with van der Waals surface area (Å²) in [6.07, 6.45) is 5.01. The molecule has 1 aliphatic carbocycles. The van der Waals surface area contributed by atoms with Crippen LogP contribution in [-0.4, -0.2) is 46.5 Å². The molecular formula is C18H29NO5. The standard InChI is InChI=1S/C18H29NO5/c1-4-24-18(23)12(3)9-11(2)16(20)19-14-8-6-5-7-13(14)10-15(19)17(21)22/h11-15H,4-10H2,1-3H3,(H,21,22)/t11-,12-,13?,14?,15+/m1/s1. The fraction of sp³-hybridized carbons (Fsp3) is 0.833. The Morgan fingerprint density at radius 3 is 2.46 bits per heavy atom. The first-order valence-corrected chi connectivity index (χ1v) is 9.08. The number of fused-ring (bicyclic) bond motifs is 1. The highest BCUT2D eigenvalue weighted by Gasteiger charge is 2.48. The number of nitrogens with zero attached hydrogens (tertiary/aromatic N) is 1. The number of rotatable bonds is 6. The highest BCUT2D eigenvalue weighted by Crippen LogP contribution is 2.40. The topological polar surface area (TPSA) is 83.9 Å². The molecule has 2 aliphatic rings. The lowest BCUT2D eigenvalue weighted by Crippen LogP contribution is -2.48. The van der Waals surface area contributed by atoms with Crippen LogP contribution in [0.25, 0.3) is 0 Å². The Kier molecular flexibility index (Phi) is 6.24. The van der Waals surface area contributed by atoms with Gasteiger partial charge in [0.2, 0.25) is 5.91 Å². The second-order valence-electron chi connectivity index (χ2n) is 7.24. The van der Waals surface area contributed by atoms with Gasteiger partial charge in [-0.3, -0.25) is 9.59 Å². The van der Waals surface area contributed by atoms with Crippen LogP contribution >= 0.6 is 0 Å². The molecule has 1 heterocycles. The van der Waals surface area contributed by atoms with Gasteiger partial charge in [0.25, 0.3) is 0 Å². The van der Waals surface area contributed by atoms with Crippen LogP contribution in [0.15, 0.2) is 0 Å². The van der Waals surface area contributed by atoms with Crippen molar-refractivity contribution < 1.29 is 24.2 Å². The largest absolute Gasteiger partial charge is 0.480 e. The van der Waals surface area contributed by atoms with E-state index in [2.05, 4.69) is 0 Å². The van der Waals surface area contributed by atoms with E-state index in [9.17, 15) is 19.5 Å². The number of amides is 1. The van der Waals surface area contributed by atoms with Crippen LogP contribution in [0, 0.1) is 17.8 Å². The van der Waals surface area contributed by atoms with Gasteiger partial charge >= 0.3 is 11.9 Å². The van der Waals surface area contributed by atoms with Gasteiger partial charge in [-0.2, -0.15) is 0 Å². The second-order valence-corrected chi connectivity index (χ2v) is 7.24. The predicted octanol–water partition coefficient (Wildman–Crippen LogP) is 2.46. The van der Waals surface area contributed by atoms with Gasteiger partial charge in [-0.25, -0.2) is 4.79 Å². The predicted molar refractivity (Wildman–Crippen MR) is 88.2 cm³/mol. The van der Waals surface area contributed by atoms with E-state index in [1.165, 1.54) is 0 Å². The van der Waals surface area contributed by atoms with Gasteiger partial charge in [0.15, 0.2) is 0 Å². The molecule has 0 radical (unpaired) electrons.